The van der Waals surface area contributed by atoms with Crippen LogP contribution in [0.15, 0.2) is 47.3 Å². The lowest BCUT2D eigenvalue weighted by Crippen LogP contribution is -2.13. The van der Waals surface area contributed by atoms with Gasteiger partial charge >= 0.3 is 0 Å². The number of nitriles is 1. The van der Waals surface area contributed by atoms with Gasteiger partial charge in [0.25, 0.3) is 5.91 Å². The van der Waals surface area contributed by atoms with Crippen molar-refractivity contribution < 1.29 is 4.79 Å². The molecule has 0 aliphatic rings. The first kappa shape index (κ1) is 18.9. The van der Waals surface area contributed by atoms with Crippen LogP contribution in [0.4, 0.5) is 5.13 Å². The Balaban J connectivity index is 1.88. The lowest BCUT2D eigenvalue weighted by Gasteiger charge is -2.09. The first-order valence-electron chi connectivity index (χ1n) is 8.07. The van der Waals surface area contributed by atoms with Crippen LogP contribution in [0.3, 0.4) is 0 Å². The van der Waals surface area contributed by atoms with Crippen LogP contribution in [-0.2, 0) is 4.79 Å². The minimum atomic E-state index is -0.505. The van der Waals surface area contributed by atoms with Gasteiger partial charge in [0.1, 0.15) is 11.6 Å². The molecule has 0 bridgehead atoms. The van der Waals surface area contributed by atoms with Gasteiger partial charge in [0, 0.05) is 29.1 Å². The zero-order valence-corrected chi connectivity index (χ0v) is 16.7. The molecule has 8 heteroatoms. The second kappa shape index (κ2) is 8.20. The van der Waals surface area contributed by atoms with Crippen molar-refractivity contribution >= 4 is 40.4 Å². The number of anilines is 1. The number of aryl methyl sites for hydroxylation is 2. The van der Waals surface area contributed by atoms with E-state index in [4.69, 9.17) is 0 Å². The van der Waals surface area contributed by atoms with Crippen LogP contribution in [0.1, 0.15) is 16.8 Å². The molecule has 6 nitrogen and oxygen atoms in total. The average Bonchev–Trinajstić information content (AvgIpc) is 3.31. The van der Waals surface area contributed by atoms with Crippen molar-refractivity contribution in [1.82, 2.24) is 13.9 Å². The fourth-order valence-electron chi connectivity index (χ4n) is 2.43. The van der Waals surface area contributed by atoms with Gasteiger partial charge in [0.05, 0.1) is 0 Å². The SMILES string of the molecule is CSc1nsc(NC(=O)C(C#N)=Cc2cccn2-c2ccc(C)c(C)c2)n1. The summed E-state index contributed by atoms with van der Waals surface area (Å²) in [4.78, 5) is 16.6. The molecule has 27 heavy (non-hydrogen) atoms. The van der Waals surface area contributed by atoms with E-state index in [1.807, 2.05) is 41.3 Å². The number of carbonyl (C=O) groups is 1. The average molecular weight is 396 g/mol. The number of amides is 1. The van der Waals surface area contributed by atoms with Crippen molar-refractivity contribution in [3.63, 3.8) is 0 Å². The Morgan fingerprint density at radius 1 is 1.33 bits per heavy atom. The maximum Gasteiger partial charge on any atom is 0.268 e. The van der Waals surface area contributed by atoms with Crippen LogP contribution >= 0.6 is 23.3 Å². The number of hydrogen-bond acceptors (Lipinski definition) is 6. The van der Waals surface area contributed by atoms with Gasteiger partial charge in [-0.05, 0) is 61.6 Å². The van der Waals surface area contributed by atoms with Crippen LogP contribution in [-0.4, -0.2) is 26.1 Å². The summed E-state index contributed by atoms with van der Waals surface area (Å²) < 4.78 is 6.03. The van der Waals surface area contributed by atoms with Crippen LogP contribution < -0.4 is 5.32 Å². The van der Waals surface area contributed by atoms with E-state index in [0.29, 0.717) is 10.3 Å². The van der Waals surface area contributed by atoms with Crippen molar-refractivity contribution in [2.45, 2.75) is 19.0 Å². The van der Waals surface area contributed by atoms with Gasteiger partial charge in [-0.15, -0.1) is 0 Å². The van der Waals surface area contributed by atoms with Crippen LogP contribution in [0.25, 0.3) is 11.8 Å². The fraction of sp³-hybridized carbons (Fsp3) is 0.158. The maximum atomic E-state index is 12.4. The number of nitrogens with one attached hydrogen (secondary N) is 1. The van der Waals surface area contributed by atoms with Gasteiger partial charge < -0.3 is 4.57 Å². The molecule has 0 fully saturated rings. The number of rotatable bonds is 5. The summed E-state index contributed by atoms with van der Waals surface area (Å²) in [6.45, 7) is 4.11. The molecule has 0 unspecified atom stereocenters. The monoisotopic (exact) mass is 395 g/mol. The van der Waals surface area contributed by atoms with Gasteiger partial charge in [-0.2, -0.15) is 14.6 Å². The van der Waals surface area contributed by atoms with Crippen LogP contribution in [0, 0.1) is 25.2 Å². The number of carbonyl (C=O) groups excluding carboxylic acids is 1. The zero-order valence-electron chi connectivity index (χ0n) is 15.1. The van der Waals surface area contributed by atoms with Gasteiger partial charge in [0.15, 0.2) is 0 Å². The summed E-state index contributed by atoms with van der Waals surface area (Å²) in [6.07, 6.45) is 5.33. The predicted octanol–water partition coefficient (Wildman–Crippen LogP) is 4.21. The number of nitrogens with zero attached hydrogens (tertiary/aromatic N) is 4. The summed E-state index contributed by atoms with van der Waals surface area (Å²) in [5, 5.41) is 13.0. The molecule has 2 aromatic heterocycles. The normalized spacial score (nSPS) is 11.3. The predicted molar refractivity (Wildman–Crippen MR) is 109 cm³/mol. The molecule has 1 amide bonds. The summed E-state index contributed by atoms with van der Waals surface area (Å²) in [5.74, 6) is -0.505. The molecule has 1 aromatic carbocycles. The van der Waals surface area contributed by atoms with E-state index in [0.717, 1.165) is 22.9 Å². The highest BCUT2D eigenvalue weighted by atomic mass is 32.2. The second-order valence-electron chi connectivity index (χ2n) is 5.78. The van der Waals surface area contributed by atoms with E-state index in [1.165, 1.54) is 22.9 Å². The molecular formula is C19H17N5OS2. The quantitative estimate of drug-likeness (QED) is 0.397. The molecule has 0 aliphatic heterocycles. The summed E-state index contributed by atoms with van der Waals surface area (Å²) in [5.41, 5.74) is 4.10. The Morgan fingerprint density at radius 2 is 2.15 bits per heavy atom. The molecular weight excluding hydrogens is 378 g/mol. The largest absolute Gasteiger partial charge is 0.317 e. The second-order valence-corrected chi connectivity index (χ2v) is 7.31. The third-order valence-electron chi connectivity index (χ3n) is 4.02. The number of aromatic nitrogens is 3. The molecule has 136 valence electrons. The smallest absolute Gasteiger partial charge is 0.268 e. The Kier molecular flexibility index (Phi) is 5.74. The molecule has 0 spiro atoms. The zero-order chi connectivity index (χ0) is 19.4. The van der Waals surface area contributed by atoms with Gasteiger partial charge in [0.2, 0.25) is 10.3 Å². The lowest BCUT2D eigenvalue weighted by molar-refractivity contribution is -0.112. The number of benzene rings is 1. The van der Waals surface area contributed by atoms with Crippen molar-refractivity contribution in [3.8, 4) is 11.8 Å². The summed E-state index contributed by atoms with van der Waals surface area (Å²) in [7, 11) is 0. The first-order chi connectivity index (χ1) is 13.0. The Labute approximate surface area is 165 Å². The maximum absolute atomic E-state index is 12.4. The molecule has 0 radical (unpaired) electrons. The Bertz CT molecular complexity index is 1060. The van der Waals surface area contributed by atoms with E-state index in [2.05, 4.69) is 40.7 Å². The van der Waals surface area contributed by atoms with Crippen LogP contribution in [0.2, 0.25) is 0 Å². The Morgan fingerprint density at radius 3 is 2.81 bits per heavy atom. The fourth-order valence-corrected chi connectivity index (χ4v) is 3.55. The molecule has 3 aromatic rings. The third-order valence-corrected chi connectivity index (χ3v) is 5.31. The molecule has 2 heterocycles. The molecule has 0 aliphatic carbocycles. The van der Waals surface area contributed by atoms with Crippen molar-refractivity contribution in [1.29, 1.82) is 5.26 Å². The molecule has 0 saturated heterocycles. The molecule has 0 saturated carbocycles. The van der Waals surface area contributed by atoms with Crippen molar-refractivity contribution in [3.05, 3.63) is 58.9 Å². The molecule has 3 rings (SSSR count). The summed E-state index contributed by atoms with van der Waals surface area (Å²) in [6, 6.07) is 11.8. The van der Waals surface area contributed by atoms with Crippen molar-refractivity contribution in [2.24, 2.45) is 0 Å². The Hall–Kier alpha value is -2.89. The highest BCUT2D eigenvalue weighted by Crippen LogP contribution is 2.20. The number of thioether (sulfide) groups is 1. The minimum Gasteiger partial charge on any atom is -0.317 e. The van der Waals surface area contributed by atoms with E-state index in [-0.39, 0.29) is 5.57 Å². The van der Waals surface area contributed by atoms with E-state index in [1.54, 1.807) is 6.08 Å². The highest BCUT2D eigenvalue weighted by molar-refractivity contribution is 7.98. The minimum absolute atomic E-state index is 0.000292. The summed E-state index contributed by atoms with van der Waals surface area (Å²) >= 11 is 2.48. The topological polar surface area (TPSA) is 83.6 Å². The molecule has 1 N–H and O–H groups in total. The van der Waals surface area contributed by atoms with Gasteiger partial charge in [-0.3, -0.25) is 10.1 Å². The molecule has 0 atom stereocenters. The van der Waals surface area contributed by atoms with E-state index < -0.39 is 5.91 Å². The van der Waals surface area contributed by atoms with E-state index in [9.17, 15) is 10.1 Å². The van der Waals surface area contributed by atoms with E-state index >= 15 is 0 Å². The lowest BCUT2D eigenvalue weighted by atomic mass is 10.1. The van der Waals surface area contributed by atoms with Gasteiger partial charge in [-0.1, -0.05) is 17.8 Å². The first-order valence-corrected chi connectivity index (χ1v) is 10.1. The van der Waals surface area contributed by atoms with Gasteiger partial charge in [-0.25, -0.2) is 0 Å². The third kappa shape index (κ3) is 4.27. The van der Waals surface area contributed by atoms with Crippen LogP contribution in [0.5, 0.6) is 0 Å². The standard InChI is InChI=1S/C19H17N5OS2/c1-12-6-7-16(9-13(12)2)24-8-4-5-15(24)10-14(11-20)17(25)21-18-22-19(26-3)23-27-18/h4-10H,1-3H3,(H,21,22,23,25). The van der Waals surface area contributed by atoms with Crippen molar-refractivity contribution in [2.75, 3.05) is 11.6 Å². The number of hydrogen-bond donors (Lipinski definition) is 1. The highest BCUT2D eigenvalue weighted by Gasteiger charge is 2.14.